The van der Waals surface area contributed by atoms with E-state index in [-0.39, 0.29) is 23.7 Å². The summed E-state index contributed by atoms with van der Waals surface area (Å²) in [5.41, 5.74) is 7.03. The van der Waals surface area contributed by atoms with Crippen molar-refractivity contribution >= 4 is 41.3 Å². The van der Waals surface area contributed by atoms with Crippen molar-refractivity contribution in [2.24, 2.45) is 5.73 Å². The molecule has 1 aliphatic rings. The fourth-order valence-corrected chi connectivity index (χ4v) is 3.76. The lowest BCUT2D eigenvalue weighted by molar-refractivity contribution is 0.0487. The van der Waals surface area contributed by atoms with E-state index >= 15 is 0 Å². The Labute approximate surface area is 162 Å². The van der Waals surface area contributed by atoms with Gasteiger partial charge in [0.2, 0.25) is 0 Å². The third-order valence-corrected chi connectivity index (χ3v) is 5.58. The first-order chi connectivity index (χ1) is 11.6. The number of carbonyl (C=O) groups is 1. The Hall–Kier alpha value is -1.18. The molecule has 8 heteroatoms. The Morgan fingerprint density at radius 2 is 2.00 bits per heavy atom. The van der Waals surface area contributed by atoms with Gasteiger partial charge in [0, 0.05) is 42.1 Å². The molecule has 1 amide bonds. The number of hydrogen-bond acceptors (Lipinski definition) is 5. The molecule has 1 saturated heterocycles. The summed E-state index contributed by atoms with van der Waals surface area (Å²) in [4.78, 5) is 16.6. The van der Waals surface area contributed by atoms with E-state index in [2.05, 4.69) is 10.3 Å². The standard InChI is InChI=1S/C17H20ClN3O2S.ClH/c18-13-3-1-12(2-4-13)17(5-7-23-8-6-17)11-20-16(22)14-10-24-15(9-19)21-14;/h1-4,10H,5-9,11,19H2,(H,20,22);1H. The molecule has 0 atom stereocenters. The number of thiazole rings is 1. The van der Waals surface area contributed by atoms with E-state index < -0.39 is 0 Å². The Morgan fingerprint density at radius 1 is 1.32 bits per heavy atom. The van der Waals surface area contributed by atoms with Gasteiger partial charge in [-0.3, -0.25) is 4.79 Å². The molecule has 3 rings (SSSR count). The van der Waals surface area contributed by atoms with Gasteiger partial charge < -0.3 is 15.8 Å². The predicted octanol–water partition coefficient (Wildman–Crippen LogP) is 3.16. The van der Waals surface area contributed by atoms with Gasteiger partial charge >= 0.3 is 0 Å². The maximum atomic E-state index is 12.4. The van der Waals surface area contributed by atoms with E-state index in [1.165, 1.54) is 16.9 Å². The number of nitrogens with zero attached hydrogens (tertiary/aromatic N) is 1. The van der Waals surface area contributed by atoms with Crippen LogP contribution in [0.2, 0.25) is 5.02 Å². The molecule has 0 unspecified atom stereocenters. The zero-order chi connectivity index (χ0) is 17.0. The second-order valence-electron chi connectivity index (χ2n) is 5.91. The van der Waals surface area contributed by atoms with Crippen molar-refractivity contribution < 1.29 is 9.53 Å². The van der Waals surface area contributed by atoms with Crippen molar-refractivity contribution in [2.45, 2.75) is 24.8 Å². The maximum Gasteiger partial charge on any atom is 0.270 e. The Bertz CT molecular complexity index is 700. The van der Waals surface area contributed by atoms with Gasteiger partial charge in [-0.15, -0.1) is 23.7 Å². The van der Waals surface area contributed by atoms with Crippen molar-refractivity contribution in [3.63, 3.8) is 0 Å². The van der Waals surface area contributed by atoms with E-state index in [1.807, 2.05) is 24.3 Å². The molecule has 1 aromatic heterocycles. The highest BCUT2D eigenvalue weighted by atomic mass is 35.5. The summed E-state index contributed by atoms with van der Waals surface area (Å²) in [6.45, 7) is 2.27. The molecule has 0 aliphatic carbocycles. The minimum atomic E-state index is -0.161. The summed E-state index contributed by atoms with van der Waals surface area (Å²) in [6.07, 6.45) is 1.72. The molecule has 1 aromatic carbocycles. The topological polar surface area (TPSA) is 77.2 Å². The number of halogens is 2. The van der Waals surface area contributed by atoms with Crippen LogP contribution in [0.15, 0.2) is 29.6 Å². The summed E-state index contributed by atoms with van der Waals surface area (Å²) in [5.74, 6) is -0.161. The highest BCUT2D eigenvalue weighted by Crippen LogP contribution is 2.35. The molecule has 1 aliphatic heterocycles. The lowest BCUT2D eigenvalue weighted by Crippen LogP contribution is -2.44. The van der Waals surface area contributed by atoms with Crippen molar-refractivity contribution in [2.75, 3.05) is 19.8 Å². The monoisotopic (exact) mass is 401 g/mol. The zero-order valence-electron chi connectivity index (χ0n) is 13.7. The molecule has 0 bridgehead atoms. The molecule has 2 aromatic rings. The van der Waals surface area contributed by atoms with E-state index in [0.29, 0.717) is 37.0 Å². The van der Waals surface area contributed by atoms with Crippen LogP contribution in [0.5, 0.6) is 0 Å². The number of nitrogens with one attached hydrogen (secondary N) is 1. The third-order valence-electron chi connectivity index (χ3n) is 4.45. The molecule has 2 heterocycles. The molecule has 0 spiro atoms. The van der Waals surface area contributed by atoms with Crippen LogP contribution in [0.4, 0.5) is 0 Å². The second kappa shape index (κ2) is 8.96. The van der Waals surface area contributed by atoms with Crippen LogP contribution in [-0.4, -0.2) is 30.6 Å². The third kappa shape index (κ3) is 4.71. The van der Waals surface area contributed by atoms with Gasteiger partial charge in [0.15, 0.2) is 0 Å². The average molecular weight is 402 g/mol. The van der Waals surface area contributed by atoms with Crippen molar-refractivity contribution in [3.8, 4) is 0 Å². The van der Waals surface area contributed by atoms with Crippen LogP contribution >= 0.6 is 35.3 Å². The van der Waals surface area contributed by atoms with Crippen molar-refractivity contribution in [3.05, 3.63) is 50.9 Å². The molecular formula is C17H21Cl2N3O2S. The molecule has 1 fully saturated rings. The van der Waals surface area contributed by atoms with E-state index in [4.69, 9.17) is 22.1 Å². The second-order valence-corrected chi connectivity index (χ2v) is 7.29. The smallest absolute Gasteiger partial charge is 0.270 e. The van der Waals surface area contributed by atoms with Gasteiger partial charge in [-0.05, 0) is 30.5 Å². The molecule has 25 heavy (non-hydrogen) atoms. The van der Waals surface area contributed by atoms with E-state index in [1.54, 1.807) is 5.38 Å². The van der Waals surface area contributed by atoms with Gasteiger partial charge in [-0.2, -0.15) is 0 Å². The fourth-order valence-electron chi connectivity index (χ4n) is 2.98. The number of aromatic nitrogens is 1. The van der Waals surface area contributed by atoms with Gasteiger partial charge in [0.1, 0.15) is 10.7 Å². The van der Waals surface area contributed by atoms with Crippen LogP contribution in [0.3, 0.4) is 0 Å². The minimum Gasteiger partial charge on any atom is -0.381 e. The molecule has 0 radical (unpaired) electrons. The number of rotatable bonds is 5. The van der Waals surface area contributed by atoms with Crippen molar-refractivity contribution in [1.82, 2.24) is 10.3 Å². The highest BCUT2D eigenvalue weighted by Gasteiger charge is 2.35. The summed E-state index contributed by atoms with van der Waals surface area (Å²) in [7, 11) is 0. The largest absolute Gasteiger partial charge is 0.381 e. The number of nitrogens with two attached hydrogens (primary N) is 1. The number of amides is 1. The molecular weight excluding hydrogens is 381 g/mol. The number of benzene rings is 1. The molecule has 3 N–H and O–H groups in total. The van der Waals surface area contributed by atoms with Crippen LogP contribution < -0.4 is 11.1 Å². The molecule has 5 nitrogen and oxygen atoms in total. The quantitative estimate of drug-likeness (QED) is 0.806. The van der Waals surface area contributed by atoms with Crippen LogP contribution in [0.25, 0.3) is 0 Å². The Kier molecular flexibility index (Phi) is 7.22. The van der Waals surface area contributed by atoms with E-state index in [9.17, 15) is 4.79 Å². The van der Waals surface area contributed by atoms with E-state index in [0.717, 1.165) is 17.8 Å². The number of ether oxygens (including phenoxy) is 1. The normalized spacial score (nSPS) is 16.1. The first kappa shape index (κ1) is 20.1. The van der Waals surface area contributed by atoms with Crippen LogP contribution in [0, 0.1) is 0 Å². The molecule has 136 valence electrons. The minimum absolute atomic E-state index is 0. The zero-order valence-corrected chi connectivity index (χ0v) is 16.1. The summed E-state index contributed by atoms with van der Waals surface area (Å²) in [6, 6.07) is 7.86. The lowest BCUT2D eigenvalue weighted by atomic mass is 9.74. The van der Waals surface area contributed by atoms with Gasteiger partial charge in [-0.1, -0.05) is 23.7 Å². The van der Waals surface area contributed by atoms with Gasteiger partial charge in [0.25, 0.3) is 5.91 Å². The Morgan fingerprint density at radius 3 is 2.60 bits per heavy atom. The first-order valence-electron chi connectivity index (χ1n) is 7.89. The SMILES string of the molecule is Cl.NCc1nc(C(=O)NCC2(c3ccc(Cl)cc3)CCOCC2)cs1. The van der Waals surface area contributed by atoms with Gasteiger partial charge in [0.05, 0.1) is 0 Å². The maximum absolute atomic E-state index is 12.4. The predicted molar refractivity (Wildman–Crippen MR) is 103 cm³/mol. The van der Waals surface area contributed by atoms with Crippen molar-refractivity contribution in [1.29, 1.82) is 0 Å². The number of hydrogen-bond donors (Lipinski definition) is 2. The van der Waals surface area contributed by atoms with Gasteiger partial charge in [-0.25, -0.2) is 4.98 Å². The van der Waals surface area contributed by atoms with Crippen LogP contribution in [0.1, 0.15) is 33.9 Å². The highest BCUT2D eigenvalue weighted by molar-refractivity contribution is 7.09. The lowest BCUT2D eigenvalue weighted by Gasteiger charge is -2.38. The molecule has 0 saturated carbocycles. The Balaban J connectivity index is 0.00000225. The summed E-state index contributed by atoms with van der Waals surface area (Å²) >= 11 is 7.41. The first-order valence-corrected chi connectivity index (χ1v) is 9.15. The average Bonchev–Trinajstić information content (AvgIpc) is 3.10. The van der Waals surface area contributed by atoms with Crippen LogP contribution in [-0.2, 0) is 16.7 Å². The summed E-state index contributed by atoms with van der Waals surface area (Å²) in [5, 5.41) is 6.26. The number of carbonyl (C=O) groups excluding carboxylic acids is 1. The summed E-state index contributed by atoms with van der Waals surface area (Å²) < 4.78 is 5.52. The fraction of sp³-hybridized carbons (Fsp3) is 0.412.